The van der Waals surface area contributed by atoms with Crippen LogP contribution in [0.2, 0.25) is 5.02 Å². The Labute approximate surface area is 129 Å². The molecule has 2 aromatic rings. The van der Waals surface area contributed by atoms with Gasteiger partial charge in [0.25, 0.3) is 5.91 Å². The zero-order valence-electron chi connectivity index (χ0n) is 12.2. The van der Waals surface area contributed by atoms with E-state index >= 15 is 0 Å². The Balaban J connectivity index is 2.02. The number of halogens is 1. The summed E-state index contributed by atoms with van der Waals surface area (Å²) in [6.45, 7) is 5.52. The molecular formula is C16H17ClN2O2. The van der Waals surface area contributed by atoms with Gasteiger partial charge in [-0.25, -0.2) is 4.98 Å². The van der Waals surface area contributed by atoms with Gasteiger partial charge >= 0.3 is 0 Å². The first-order chi connectivity index (χ1) is 9.95. The van der Waals surface area contributed by atoms with Gasteiger partial charge < -0.3 is 10.1 Å². The van der Waals surface area contributed by atoms with Crippen molar-refractivity contribution in [3.05, 3.63) is 52.7 Å². The minimum absolute atomic E-state index is 0.248. The second kappa shape index (κ2) is 6.59. The molecule has 0 aliphatic heterocycles. The quantitative estimate of drug-likeness (QED) is 0.935. The van der Waals surface area contributed by atoms with Crippen molar-refractivity contribution in [2.75, 3.05) is 5.32 Å². The number of rotatable bonds is 4. The molecule has 0 aliphatic carbocycles. The number of aromatic nitrogens is 1. The highest BCUT2D eigenvalue weighted by atomic mass is 35.5. The van der Waals surface area contributed by atoms with E-state index in [0.29, 0.717) is 16.6 Å². The molecule has 21 heavy (non-hydrogen) atoms. The van der Waals surface area contributed by atoms with E-state index in [1.54, 1.807) is 37.4 Å². The Bertz CT molecular complexity index is 658. The fourth-order valence-electron chi connectivity index (χ4n) is 1.82. The highest BCUT2D eigenvalue weighted by Gasteiger charge is 2.16. The van der Waals surface area contributed by atoms with E-state index in [-0.39, 0.29) is 5.91 Å². The van der Waals surface area contributed by atoms with Crippen molar-refractivity contribution in [1.82, 2.24) is 4.98 Å². The van der Waals surface area contributed by atoms with Gasteiger partial charge in [0.1, 0.15) is 11.6 Å². The third kappa shape index (κ3) is 4.20. The smallest absolute Gasteiger partial charge is 0.266 e. The van der Waals surface area contributed by atoms with Crippen LogP contribution in [0.15, 0.2) is 36.5 Å². The Morgan fingerprint density at radius 1 is 1.29 bits per heavy atom. The highest BCUT2D eigenvalue weighted by molar-refractivity contribution is 6.30. The Morgan fingerprint density at radius 3 is 2.71 bits per heavy atom. The number of hydrogen-bond donors (Lipinski definition) is 1. The van der Waals surface area contributed by atoms with Gasteiger partial charge in [-0.1, -0.05) is 11.6 Å². The van der Waals surface area contributed by atoms with Crippen molar-refractivity contribution in [1.29, 1.82) is 0 Å². The van der Waals surface area contributed by atoms with Crippen LogP contribution in [0, 0.1) is 13.8 Å². The number of pyridine rings is 1. The van der Waals surface area contributed by atoms with E-state index in [4.69, 9.17) is 16.3 Å². The average molecular weight is 305 g/mol. The lowest BCUT2D eigenvalue weighted by atomic mass is 10.2. The number of benzene rings is 1. The lowest BCUT2D eigenvalue weighted by molar-refractivity contribution is -0.122. The van der Waals surface area contributed by atoms with Crippen LogP contribution in [-0.4, -0.2) is 17.0 Å². The molecule has 4 nitrogen and oxygen atoms in total. The van der Waals surface area contributed by atoms with Crippen molar-refractivity contribution in [2.45, 2.75) is 26.9 Å². The second-order valence-corrected chi connectivity index (χ2v) is 5.31. The lowest BCUT2D eigenvalue weighted by Crippen LogP contribution is -2.30. The van der Waals surface area contributed by atoms with E-state index < -0.39 is 6.10 Å². The summed E-state index contributed by atoms with van der Waals surface area (Å²) < 4.78 is 5.67. The summed E-state index contributed by atoms with van der Waals surface area (Å²) in [6, 6.07) is 8.96. The van der Waals surface area contributed by atoms with Crippen molar-refractivity contribution in [3.63, 3.8) is 0 Å². The van der Waals surface area contributed by atoms with E-state index in [1.165, 1.54) is 0 Å². The average Bonchev–Trinajstić information content (AvgIpc) is 2.41. The fourth-order valence-corrected chi connectivity index (χ4v) is 2.05. The zero-order chi connectivity index (χ0) is 15.4. The molecule has 0 spiro atoms. The van der Waals surface area contributed by atoms with Gasteiger partial charge in [-0.05, 0) is 62.2 Å². The van der Waals surface area contributed by atoms with Crippen molar-refractivity contribution >= 4 is 23.3 Å². The summed E-state index contributed by atoms with van der Waals surface area (Å²) in [6.07, 6.45) is 1.02. The van der Waals surface area contributed by atoms with Crippen LogP contribution in [0.5, 0.6) is 5.75 Å². The van der Waals surface area contributed by atoms with E-state index in [1.807, 2.05) is 19.9 Å². The Hall–Kier alpha value is -2.07. The molecule has 0 saturated heterocycles. The van der Waals surface area contributed by atoms with Gasteiger partial charge in [0.2, 0.25) is 0 Å². The van der Waals surface area contributed by atoms with Crippen molar-refractivity contribution in [3.8, 4) is 5.75 Å². The number of anilines is 1. The molecule has 1 aromatic heterocycles. The van der Waals surface area contributed by atoms with Gasteiger partial charge in [0.05, 0.1) is 0 Å². The molecule has 5 heteroatoms. The van der Waals surface area contributed by atoms with Crippen LogP contribution >= 0.6 is 11.6 Å². The number of amides is 1. The molecule has 2 rings (SSSR count). The summed E-state index contributed by atoms with van der Waals surface area (Å²) in [5, 5.41) is 3.37. The standard InChI is InChI=1S/C16H17ClN2O2/c1-10-6-7-18-15(8-10)19-16(20)12(3)21-14-5-4-13(17)9-11(14)2/h4-9,12H,1-3H3,(H,18,19,20). The molecule has 0 bridgehead atoms. The molecule has 1 atom stereocenters. The number of nitrogens with one attached hydrogen (secondary N) is 1. The van der Waals surface area contributed by atoms with E-state index in [0.717, 1.165) is 11.1 Å². The first-order valence-corrected chi connectivity index (χ1v) is 7.00. The van der Waals surface area contributed by atoms with E-state index in [9.17, 15) is 4.79 Å². The highest BCUT2D eigenvalue weighted by Crippen LogP contribution is 2.23. The maximum Gasteiger partial charge on any atom is 0.266 e. The number of aryl methyl sites for hydroxylation is 2. The lowest BCUT2D eigenvalue weighted by Gasteiger charge is -2.16. The van der Waals surface area contributed by atoms with E-state index in [2.05, 4.69) is 10.3 Å². The molecule has 1 aromatic carbocycles. The number of carbonyl (C=O) groups is 1. The van der Waals surface area contributed by atoms with Gasteiger partial charge in [-0.15, -0.1) is 0 Å². The Morgan fingerprint density at radius 2 is 2.05 bits per heavy atom. The first kappa shape index (κ1) is 15.3. The number of ether oxygens (including phenoxy) is 1. The predicted octanol–water partition coefficient (Wildman–Crippen LogP) is 3.76. The van der Waals surface area contributed by atoms with Crippen molar-refractivity contribution in [2.24, 2.45) is 0 Å². The summed E-state index contributed by atoms with van der Waals surface area (Å²) in [5.74, 6) is 0.907. The summed E-state index contributed by atoms with van der Waals surface area (Å²) in [5.41, 5.74) is 1.92. The topological polar surface area (TPSA) is 51.2 Å². The predicted molar refractivity (Wildman–Crippen MR) is 83.9 cm³/mol. The summed E-state index contributed by atoms with van der Waals surface area (Å²) in [7, 11) is 0. The second-order valence-electron chi connectivity index (χ2n) is 4.88. The molecule has 1 heterocycles. The molecule has 110 valence electrons. The van der Waals surface area contributed by atoms with Gasteiger partial charge in [0, 0.05) is 11.2 Å². The molecule has 0 saturated carbocycles. The Kier molecular flexibility index (Phi) is 4.81. The van der Waals surface area contributed by atoms with Crippen LogP contribution in [0.4, 0.5) is 5.82 Å². The molecule has 0 fully saturated rings. The molecular weight excluding hydrogens is 288 g/mol. The van der Waals surface area contributed by atoms with Crippen LogP contribution in [-0.2, 0) is 4.79 Å². The summed E-state index contributed by atoms with van der Waals surface area (Å²) in [4.78, 5) is 16.2. The van der Waals surface area contributed by atoms with Crippen LogP contribution in [0.1, 0.15) is 18.1 Å². The monoisotopic (exact) mass is 304 g/mol. The minimum atomic E-state index is -0.632. The maximum absolute atomic E-state index is 12.1. The van der Waals surface area contributed by atoms with Gasteiger partial charge in [-0.2, -0.15) is 0 Å². The number of nitrogens with zero attached hydrogens (tertiary/aromatic N) is 1. The first-order valence-electron chi connectivity index (χ1n) is 6.62. The molecule has 0 aliphatic rings. The van der Waals surface area contributed by atoms with Gasteiger partial charge in [-0.3, -0.25) is 4.79 Å². The molecule has 1 N–H and O–H groups in total. The van der Waals surface area contributed by atoms with Crippen LogP contribution in [0.25, 0.3) is 0 Å². The summed E-state index contributed by atoms with van der Waals surface area (Å²) >= 11 is 5.90. The molecule has 0 radical (unpaired) electrons. The third-order valence-electron chi connectivity index (χ3n) is 2.98. The van der Waals surface area contributed by atoms with Crippen LogP contribution in [0.3, 0.4) is 0 Å². The largest absolute Gasteiger partial charge is 0.481 e. The maximum atomic E-state index is 12.1. The molecule has 1 amide bonds. The van der Waals surface area contributed by atoms with Crippen LogP contribution < -0.4 is 10.1 Å². The normalized spacial score (nSPS) is 11.8. The zero-order valence-corrected chi connectivity index (χ0v) is 12.9. The third-order valence-corrected chi connectivity index (χ3v) is 3.21. The SMILES string of the molecule is Cc1ccnc(NC(=O)C(C)Oc2ccc(Cl)cc2C)c1. The van der Waals surface area contributed by atoms with Crippen molar-refractivity contribution < 1.29 is 9.53 Å². The fraction of sp³-hybridized carbons (Fsp3) is 0.250. The van der Waals surface area contributed by atoms with Gasteiger partial charge in [0.15, 0.2) is 6.10 Å². The minimum Gasteiger partial charge on any atom is -0.481 e. The number of hydrogen-bond acceptors (Lipinski definition) is 3. The number of carbonyl (C=O) groups excluding carboxylic acids is 1. The molecule has 1 unspecified atom stereocenters.